The number of nitrogens with one attached hydrogen (secondary N) is 1. The monoisotopic (exact) mass is 264 g/mol. The molecule has 0 aliphatic rings. The van der Waals surface area contributed by atoms with Crippen molar-refractivity contribution >= 4 is 11.7 Å². The largest absolute Gasteiger partial charge is 0.372 e. The fraction of sp³-hybridized carbons (Fsp3) is 0.643. The molecule has 5 heteroatoms. The van der Waals surface area contributed by atoms with Gasteiger partial charge in [0, 0.05) is 20.1 Å². The third-order valence-corrected chi connectivity index (χ3v) is 2.57. The SMILES string of the molecule is CNc1cncc(C(=O)N(CC(C)C)CC(C)C)n1. The second-order valence-corrected chi connectivity index (χ2v) is 5.54. The van der Waals surface area contributed by atoms with Crippen molar-refractivity contribution in [2.75, 3.05) is 25.5 Å². The molecule has 0 radical (unpaired) electrons. The van der Waals surface area contributed by atoms with Gasteiger partial charge in [0.05, 0.1) is 12.4 Å². The summed E-state index contributed by atoms with van der Waals surface area (Å²) in [5.74, 6) is 1.43. The van der Waals surface area contributed by atoms with Gasteiger partial charge in [-0.3, -0.25) is 9.78 Å². The van der Waals surface area contributed by atoms with Crippen molar-refractivity contribution in [3.8, 4) is 0 Å². The average Bonchev–Trinajstić information content (AvgIpc) is 2.36. The van der Waals surface area contributed by atoms with Crippen LogP contribution in [0.5, 0.6) is 0 Å². The maximum Gasteiger partial charge on any atom is 0.274 e. The van der Waals surface area contributed by atoms with Crippen LogP contribution in [0.2, 0.25) is 0 Å². The van der Waals surface area contributed by atoms with Crippen LogP contribution in [0.4, 0.5) is 5.82 Å². The Balaban J connectivity index is 2.90. The van der Waals surface area contributed by atoms with Gasteiger partial charge >= 0.3 is 0 Å². The Morgan fingerprint density at radius 2 is 1.79 bits per heavy atom. The van der Waals surface area contributed by atoms with Crippen LogP contribution >= 0.6 is 0 Å². The van der Waals surface area contributed by atoms with Crippen LogP contribution in [0.3, 0.4) is 0 Å². The van der Waals surface area contributed by atoms with E-state index in [1.54, 1.807) is 13.2 Å². The quantitative estimate of drug-likeness (QED) is 0.856. The zero-order chi connectivity index (χ0) is 14.4. The molecule has 0 saturated carbocycles. The minimum absolute atomic E-state index is 0.0491. The first-order chi connectivity index (χ1) is 8.93. The zero-order valence-corrected chi connectivity index (χ0v) is 12.5. The summed E-state index contributed by atoms with van der Waals surface area (Å²) in [4.78, 5) is 22.6. The second kappa shape index (κ2) is 7.07. The van der Waals surface area contributed by atoms with Crippen LogP contribution in [0.15, 0.2) is 12.4 Å². The molecule has 0 bridgehead atoms. The number of anilines is 1. The molecule has 0 aliphatic heterocycles. The highest BCUT2D eigenvalue weighted by molar-refractivity contribution is 5.92. The summed E-state index contributed by atoms with van der Waals surface area (Å²) < 4.78 is 0. The molecule has 1 N–H and O–H groups in total. The van der Waals surface area contributed by atoms with Gasteiger partial charge < -0.3 is 10.2 Å². The van der Waals surface area contributed by atoms with Crippen molar-refractivity contribution in [3.63, 3.8) is 0 Å². The van der Waals surface area contributed by atoms with E-state index in [1.165, 1.54) is 6.20 Å². The molecule has 0 aromatic carbocycles. The number of carbonyl (C=O) groups excluding carboxylic acids is 1. The lowest BCUT2D eigenvalue weighted by Crippen LogP contribution is -2.37. The number of amides is 1. The van der Waals surface area contributed by atoms with Crippen LogP contribution in [0, 0.1) is 11.8 Å². The van der Waals surface area contributed by atoms with Crippen molar-refractivity contribution in [1.29, 1.82) is 0 Å². The van der Waals surface area contributed by atoms with E-state index >= 15 is 0 Å². The summed E-state index contributed by atoms with van der Waals surface area (Å²) >= 11 is 0. The van der Waals surface area contributed by atoms with Crippen molar-refractivity contribution < 1.29 is 4.79 Å². The number of aromatic nitrogens is 2. The van der Waals surface area contributed by atoms with Crippen LogP contribution in [0.25, 0.3) is 0 Å². The van der Waals surface area contributed by atoms with Gasteiger partial charge in [0.15, 0.2) is 0 Å². The molecule has 0 aliphatic carbocycles. The molecule has 0 atom stereocenters. The Kier molecular flexibility index (Phi) is 5.73. The lowest BCUT2D eigenvalue weighted by molar-refractivity contribution is 0.0709. The third-order valence-electron chi connectivity index (χ3n) is 2.57. The van der Waals surface area contributed by atoms with Gasteiger partial charge in [0.2, 0.25) is 0 Å². The normalized spacial score (nSPS) is 10.9. The molecule has 1 aromatic heterocycles. The predicted octanol–water partition coefficient (Wildman–Crippen LogP) is 2.27. The van der Waals surface area contributed by atoms with Gasteiger partial charge in [0.1, 0.15) is 11.5 Å². The Morgan fingerprint density at radius 1 is 1.21 bits per heavy atom. The average molecular weight is 264 g/mol. The number of hydrogen-bond acceptors (Lipinski definition) is 4. The molecule has 1 heterocycles. The minimum Gasteiger partial charge on any atom is -0.372 e. The van der Waals surface area contributed by atoms with Crippen molar-refractivity contribution in [1.82, 2.24) is 14.9 Å². The van der Waals surface area contributed by atoms with E-state index in [0.29, 0.717) is 23.3 Å². The summed E-state index contributed by atoms with van der Waals surface area (Å²) in [5.41, 5.74) is 0.396. The van der Waals surface area contributed by atoms with Gasteiger partial charge in [-0.1, -0.05) is 27.7 Å². The van der Waals surface area contributed by atoms with Crippen molar-refractivity contribution in [2.24, 2.45) is 11.8 Å². The van der Waals surface area contributed by atoms with E-state index in [1.807, 2.05) is 4.90 Å². The highest BCUT2D eigenvalue weighted by Gasteiger charge is 2.19. The van der Waals surface area contributed by atoms with E-state index in [0.717, 1.165) is 13.1 Å². The zero-order valence-electron chi connectivity index (χ0n) is 12.5. The molecular formula is C14H24N4O. The Bertz CT molecular complexity index is 408. The van der Waals surface area contributed by atoms with Crippen molar-refractivity contribution in [3.05, 3.63) is 18.1 Å². The van der Waals surface area contributed by atoms with Crippen LogP contribution < -0.4 is 5.32 Å². The highest BCUT2D eigenvalue weighted by Crippen LogP contribution is 2.10. The minimum atomic E-state index is -0.0491. The molecule has 1 aromatic rings. The summed E-state index contributed by atoms with van der Waals surface area (Å²) in [6.07, 6.45) is 3.13. The predicted molar refractivity (Wildman–Crippen MR) is 77.2 cm³/mol. The lowest BCUT2D eigenvalue weighted by atomic mass is 10.1. The Hall–Kier alpha value is -1.65. The Labute approximate surface area is 115 Å². The van der Waals surface area contributed by atoms with E-state index < -0.39 is 0 Å². The molecular weight excluding hydrogens is 240 g/mol. The van der Waals surface area contributed by atoms with E-state index in [-0.39, 0.29) is 5.91 Å². The van der Waals surface area contributed by atoms with Gasteiger partial charge in [-0.15, -0.1) is 0 Å². The van der Waals surface area contributed by atoms with Gasteiger partial charge in [-0.25, -0.2) is 4.98 Å². The summed E-state index contributed by atoms with van der Waals surface area (Å²) in [7, 11) is 1.76. The van der Waals surface area contributed by atoms with E-state index in [2.05, 4.69) is 43.0 Å². The Morgan fingerprint density at radius 3 is 2.26 bits per heavy atom. The van der Waals surface area contributed by atoms with Crippen LogP contribution in [0.1, 0.15) is 38.2 Å². The molecule has 19 heavy (non-hydrogen) atoms. The first kappa shape index (κ1) is 15.4. The van der Waals surface area contributed by atoms with Gasteiger partial charge in [-0.2, -0.15) is 0 Å². The topological polar surface area (TPSA) is 58.1 Å². The summed E-state index contributed by atoms with van der Waals surface area (Å²) in [6, 6.07) is 0. The van der Waals surface area contributed by atoms with Crippen LogP contribution in [-0.4, -0.2) is 40.9 Å². The molecule has 0 unspecified atom stereocenters. The number of nitrogens with zero attached hydrogens (tertiary/aromatic N) is 3. The first-order valence-corrected chi connectivity index (χ1v) is 6.73. The molecule has 0 spiro atoms. The molecule has 1 amide bonds. The van der Waals surface area contributed by atoms with Crippen LogP contribution in [-0.2, 0) is 0 Å². The van der Waals surface area contributed by atoms with E-state index in [4.69, 9.17) is 0 Å². The number of rotatable bonds is 6. The smallest absolute Gasteiger partial charge is 0.274 e. The van der Waals surface area contributed by atoms with Crippen molar-refractivity contribution in [2.45, 2.75) is 27.7 Å². The summed E-state index contributed by atoms with van der Waals surface area (Å²) in [5, 5.41) is 2.90. The first-order valence-electron chi connectivity index (χ1n) is 6.73. The summed E-state index contributed by atoms with van der Waals surface area (Å²) in [6.45, 7) is 9.91. The fourth-order valence-electron chi connectivity index (χ4n) is 1.87. The molecule has 5 nitrogen and oxygen atoms in total. The maximum atomic E-state index is 12.5. The standard InChI is InChI=1S/C14H24N4O/c1-10(2)8-18(9-11(3)4)14(19)12-6-16-7-13(15-5)17-12/h6-7,10-11H,8-9H2,1-5H3,(H,15,17). The van der Waals surface area contributed by atoms with E-state index in [9.17, 15) is 4.79 Å². The van der Waals surface area contributed by atoms with Gasteiger partial charge in [0.25, 0.3) is 5.91 Å². The lowest BCUT2D eigenvalue weighted by Gasteiger charge is -2.26. The third kappa shape index (κ3) is 4.85. The number of hydrogen-bond donors (Lipinski definition) is 1. The molecule has 106 valence electrons. The molecule has 1 rings (SSSR count). The number of carbonyl (C=O) groups is 1. The molecule has 0 fully saturated rings. The fourth-order valence-corrected chi connectivity index (χ4v) is 1.87. The maximum absolute atomic E-state index is 12.5. The highest BCUT2D eigenvalue weighted by atomic mass is 16.2. The second-order valence-electron chi connectivity index (χ2n) is 5.54. The van der Waals surface area contributed by atoms with Gasteiger partial charge in [-0.05, 0) is 11.8 Å². The molecule has 0 saturated heterocycles.